The topological polar surface area (TPSA) is 82.3 Å². The molecule has 0 saturated carbocycles. The average molecular weight is 265 g/mol. The van der Waals surface area contributed by atoms with Crippen molar-refractivity contribution < 1.29 is 14.5 Å². The molecule has 1 aromatic rings. The zero-order chi connectivity index (χ0) is 12.3. The number of hydrogen-bond acceptors (Lipinski definition) is 5. The minimum atomic E-state index is -0.900. The summed E-state index contributed by atoms with van der Waals surface area (Å²) >= 11 is 11.1. The normalized spacial score (nSPS) is 9.94. The Balaban J connectivity index is 3.35. The van der Waals surface area contributed by atoms with Crippen LogP contribution < -0.4 is 0 Å². The summed E-state index contributed by atoms with van der Waals surface area (Å²) in [7, 11) is 0. The lowest BCUT2D eigenvalue weighted by molar-refractivity contribution is -0.385. The molecular formula is C8H6Cl2N2O4. The van der Waals surface area contributed by atoms with Crippen LogP contribution in [0.15, 0.2) is 6.07 Å². The molecule has 1 aromatic heterocycles. The molecule has 0 aliphatic heterocycles. The smallest absolute Gasteiger partial charge is 0.348 e. The lowest BCUT2D eigenvalue weighted by Gasteiger charge is -2.04. The standard InChI is InChI=1S/C8H6Cl2N2O4/c1-2-16-8(13)6-4(12(14)15)3-5(9)11-7(6)10/h3H,2H2,1H3. The first kappa shape index (κ1) is 12.7. The van der Waals surface area contributed by atoms with Crippen molar-refractivity contribution in [3.8, 4) is 0 Å². The number of pyridine rings is 1. The van der Waals surface area contributed by atoms with E-state index < -0.39 is 22.1 Å². The van der Waals surface area contributed by atoms with E-state index in [1.807, 2.05) is 0 Å². The van der Waals surface area contributed by atoms with Crippen molar-refractivity contribution in [2.24, 2.45) is 0 Å². The van der Waals surface area contributed by atoms with Crippen LogP contribution in [0.3, 0.4) is 0 Å². The first-order valence-electron chi connectivity index (χ1n) is 4.15. The summed E-state index contributed by atoms with van der Waals surface area (Å²) in [5, 5.41) is 10.2. The molecule has 0 amide bonds. The fourth-order valence-electron chi connectivity index (χ4n) is 1.01. The molecular weight excluding hydrogens is 259 g/mol. The van der Waals surface area contributed by atoms with E-state index in [0.717, 1.165) is 6.07 Å². The van der Waals surface area contributed by atoms with E-state index in [0.29, 0.717) is 0 Å². The van der Waals surface area contributed by atoms with Crippen molar-refractivity contribution >= 4 is 34.9 Å². The predicted octanol–water partition coefficient (Wildman–Crippen LogP) is 2.47. The number of esters is 1. The highest BCUT2D eigenvalue weighted by molar-refractivity contribution is 6.35. The third-order valence-corrected chi connectivity index (χ3v) is 2.07. The van der Waals surface area contributed by atoms with E-state index in [2.05, 4.69) is 9.72 Å². The van der Waals surface area contributed by atoms with Gasteiger partial charge < -0.3 is 4.74 Å². The van der Waals surface area contributed by atoms with E-state index in [4.69, 9.17) is 23.2 Å². The Kier molecular flexibility index (Phi) is 4.03. The number of halogens is 2. The number of aromatic nitrogens is 1. The number of carbonyl (C=O) groups excluding carboxylic acids is 1. The summed E-state index contributed by atoms with van der Waals surface area (Å²) < 4.78 is 4.63. The second-order valence-electron chi connectivity index (χ2n) is 2.61. The first-order chi connectivity index (χ1) is 7.47. The minimum absolute atomic E-state index is 0.0783. The molecule has 0 spiro atoms. The lowest BCUT2D eigenvalue weighted by atomic mass is 10.2. The van der Waals surface area contributed by atoms with Gasteiger partial charge in [-0.2, -0.15) is 0 Å². The Bertz CT molecular complexity index is 450. The second-order valence-corrected chi connectivity index (χ2v) is 3.35. The largest absolute Gasteiger partial charge is 0.462 e. The van der Waals surface area contributed by atoms with E-state index in [1.165, 1.54) is 0 Å². The van der Waals surface area contributed by atoms with Gasteiger partial charge in [-0.05, 0) is 6.92 Å². The van der Waals surface area contributed by atoms with Gasteiger partial charge in [0.1, 0.15) is 5.15 Å². The number of carbonyl (C=O) groups is 1. The van der Waals surface area contributed by atoms with Crippen LogP contribution in [0.4, 0.5) is 5.69 Å². The van der Waals surface area contributed by atoms with Crippen molar-refractivity contribution in [1.82, 2.24) is 4.98 Å². The maximum Gasteiger partial charge on any atom is 0.348 e. The number of hydrogen-bond donors (Lipinski definition) is 0. The van der Waals surface area contributed by atoms with E-state index in [-0.39, 0.29) is 16.9 Å². The van der Waals surface area contributed by atoms with Gasteiger partial charge in [0.05, 0.1) is 17.6 Å². The van der Waals surface area contributed by atoms with Gasteiger partial charge in [0, 0.05) is 0 Å². The Labute approximate surface area is 100 Å². The highest BCUT2D eigenvalue weighted by atomic mass is 35.5. The first-order valence-corrected chi connectivity index (χ1v) is 4.90. The molecule has 0 aromatic carbocycles. The molecule has 0 unspecified atom stereocenters. The molecule has 16 heavy (non-hydrogen) atoms. The van der Waals surface area contributed by atoms with Crippen LogP contribution in [0, 0.1) is 10.1 Å². The third kappa shape index (κ3) is 2.59. The van der Waals surface area contributed by atoms with Gasteiger partial charge >= 0.3 is 5.97 Å². The predicted molar refractivity (Wildman–Crippen MR) is 56.9 cm³/mol. The van der Waals surface area contributed by atoms with Crippen LogP contribution in [0.2, 0.25) is 10.3 Å². The number of rotatable bonds is 3. The van der Waals surface area contributed by atoms with Crippen molar-refractivity contribution in [2.45, 2.75) is 6.92 Å². The average Bonchev–Trinajstić information content (AvgIpc) is 2.16. The van der Waals surface area contributed by atoms with Gasteiger partial charge in [-0.25, -0.2) is 9.78 Å². The van der Waals surface area contributed by atoms with Crippen LogP contribution in [-0.4, -0.2) is 22.5 Å². The van der Waals surface area contributed by atoms with Gasteiger partial charge in [0.25, 0.3) is 5.69 Å². The molecule has 0 aliphatic carbocycles. The summed E-state index contributed by atoms with van der Waals surface area (Å²) in [6.45, 7) is 1.65. The molecule has 0 aliphatic rings. The van der Waals surface area contributed by atoms with Gasteiger partial charge in [0.15, 0.2) is 10.7 Å². The quantitative estimate of drug-likeness (QED) is 0.363. The van der Waals surface area contributed by atoms with Gasteiger partial charge in [-0.3, -0.25) is 10.1 Å². The Morgan fingerprint density at radius 2 is 2.25 bits per heavy atom. The zero-order valence-corrected chi connectivity index (χ0v) is 9.58. The van der Waals surface area contributed by atoms with Crippen molar-refractivity contribution in [2.75, 3.05) is 6.61 Å². The maximum absolute atomic E-state index is 11.4. The van der Waals surface area contributed by atoms with Gasteiger partial charge in [0.2, 0.25) is 0 Å². The summed E-state index contributed by atoms with van der Waals surface area (Å²) in [5.74, 6) is -0.900. The summed E-state index contributed by atoms with van der Waals surface area (Å²) in [6.07, 6.45) is 0. The van der Waals surface area contributed by atoms with Crippen LogP contribution >= 0.6 is 23.2 Å². The van der Waals surface area contributed by atoms with Gasteiger partial charge in [-0.1, -0.05) is 23.2 Å². The summed E-state index contributed by atoms with van der Waals surface area (Å²) in [5.41, 5.74) is -0.915. The monoisotopic (exact) mass is 264 g/mol. The molecule has 0 saturated heterocycles. The summed E-state index contributed by atoms with van der Waals surface area (Å²) in [6, 6.07) is 0.944. The highest BCUT2D eigenvalue weighted by Gasteiger charge is 2.26. The molecule has 6 nitrogen and oxygen atoms in total. The number of ether oxygens (including phenoxy) is 1. The fraction of sp³-hybridized carbons (Fsp3) is 0.250. The molecule has 0 bridgehead atoms. The van der Waals surface area contributed by atoms with Crippen molar-refractivity contribution in [1.29, 1.82) is 0 Å². The van der Waals surface area contributed by atoms with E-state index in [9.17, 15) is 14.9 Å². The second kappa shape index (κ2) is 5.09. The van der Waals surface area contributed by atoms with Crippen LogP contribution in [-0.2, 0) is 4.74 Å². The van der Waals surface area contributed by atoms with Crippen molar-refractivity contribution in [3.05, 3.63) is 32.1 Å². The SMILES string of the molecule is CCOC(=O)c1c([N+](=O)[O-])cc(Cl)nc1Cl. The Morgan fingerprint density at radius 1 is 1.62 bits per heavy atom. The Hall–Kier alpha value is -1.40. The van der Waals surface area contributed by atoms with Gasteiger partial charge in [-0.15, -0.1) is 0 Å². The molecule has 1 rings (SSSR count). The van der Waals surface area contributed by atoms with Crippen LogP contribution in [0.1, 0.15) is 17.3 Å². The fourth-order valence-corrected chi connectivity index (χ4v) is 1.50. The van der Waals surface area contributed by atoms with E-state index in [1.54, 1.807) is 6.92 Å². The summed E-state index contributed by atoms with van der Waals surface area (Å²) in [4.78, 5) is 24.9. The zero-order valence-electron chi connectivity index (χ0n) is 8.07. The Morgan fingerprint density at radius 3 is 2.75 bits per heavy atom. The molecule has 8 heteroatoms. The van der Waals surface area contributed by atoms with E-state index >= 15 is 0 Å². The molecule has 0 atom stereocenters. The van der Waals surface area contributed by atoms with Crippen molar-refractivity contribution in [3.63, 3.8) is 0 Å². The highest BCUT2D eigenvalue weighted by Crippen LogP contribution is 2.28. The third-order valence-electron chi connectivity index (χ3n) is 1.60. The molecule has 0 fully saturated rings. The molecule has 1 heterocycles. The molecule has 0 radical (unpaired) electrons. The molecule has 86 valence electrons. The van der Waals surface area contributed by atoms with Crippen LogP contribution in [0.25, 0.3) is 0 Å². The minimum Gasteiger partial charge on any atom is -0.462 e. The number of nitro groups is 1. The molecule has 0 N–H and O–H groups in total. The van der Waals surface area contributed by atoms with Crippen LogP contribution in [0.5, 0.6) is 0 Å². The number of nitrogens with zero attached hydrogens (tertiary/aromatic N) is 2. The lowest BCUT2D eigenvalue weighted by Crippen LogP contribution is -2.09. The maximum atomic E-state index is 11.4.